The van der Waals surface area contributed by atoms with Gasteiger partial charge in [-0.25, -0.2) is 0 Å². The third-order valence-electron chi connectivity index (χ3n) is 1.80. The molecule has 0 saturated carbocycles. The van der Waals surface area contributed by atoms with E-state index < -0.39 is 0 Å². The van der Waals surface area contributed by atoms with Crippen molar-refractivity contribution >= 4 is 0 Å². The molecule has 0 aromatic rings. The van der Waals surface area contributed by atoms with E-state index in [1.165, 1.54) is 12.8 Å². The predicted molar refractivity (Wildman–Crippen MR) is 33.9 cm³/mol. The minimum absolute atomic E-state index is 0.332. The standard InChI is InChI=1S/C6H9N3/c1-2-4-6-5(3-1)7-9-8-6/h1,3,5-6H,2,4H2,(H,7,8). The van der Waals surface area contributed by atoms with Crippen molar-refractivity contribution in [2.75, 3.05) is 0 Å². The molecule has 0 spiro atoms. The van der Waals surface area contributed by atoms with Crippen molar-refractivity contribution < 1.29 is 0 Å². The molecule has 0 aromatic heterocycles. The Morgan fingerprint density at radius 2 is 2.56 bits per heavy atom. The van der Waals surface area contributed by atoms with E-state index in [9.17, 15) is 0 Å². The Balaban J connectivity index is 2.17. The molecule has 2 atom stereocenters. The van der Waals surface area contributed by atoms with Crippen LogP contribution in [0.15, 0.2) is 22.5 Å². The molecule has 0 bridgehead atoms. The van der Waals surface area contributed by atoms with Crippen LogP contribution in [-0.4, -0.2) is 12.1 Å². The van der Waals surface area contributed by atoms with Gasteiger partial charge in [0, 0.05) is 0 Å². The highest BCUT2D eigenvalue weighted by Crippen LogP contribution is 2.18. The molecular weight excluding hydrogens is 114 g/mol. The van der Waals surface area contributed by atoms with Gasteiger partial charge in [0.2, 0.25) is 0 Å². The Kier molecular flexibility index (Phi) is 1.01. The average Bonchev–Trinajstić information content (AvgIpc) is 2.33. The van der Waals surface area contributed by atoms with Crippen LogP contribution in [0.5, 0.6) is 0 Å². The van der Waals surface area contributed by atoms with Crippen LogP contribution in [0.3, 0.4) is 0 Å². The number of nitrogens with one attached hydrogen (secondary N) is 1. The van der Waals surface area contributed by atoms with E-state index in [-0.39, 0.29) is 0 Å². The molecule has 2 rings (SSSR count). The predicted octanol–water partition coefficient (Wildman–Crippen LogP) is 1.04. The normalized spacial score (nSPS) is 38.2. The highest BCUT2D eigenvalue weighted by atomic mass is 15.5. The number of rotatable bonds is 0. The molecule has 2 unspecified atom stereocenters. The minimum Gasteiger partial charge on any atom is -0.286 e. The third-order valence-corrected chi connectivity index (χ3v) is 1.80. The van der Waals surface area contributed by atoms with E-state index in [4.69, 9.17) is 0 Å². The largest absolute Gasteiger partial charge is 0.286 e. The van der Waals surface area contributed by atoms with Crippen molar-refractivity contribution in [3.05, 3.63) is 12.2 Å². The Morgan fingerprint density at radius 1 is 1.56 bits per heavy atom. The van der Waals surface area contributed by atoms with Crippen LogP contribution in [-0.2, 0) is 0 Å². The van der Waals surface area contributed by atoms with Crippen molar-refractivity contribution in [3.8, 4) is 0 Å². The number of hydrogen-bond donors (Lipinski definition) is 1. The van der Waals surface area contributed by atoms with Gasteiger partial charge < -0.3 is 0 Å². The van der Waals surface area contributed by atoms with Gasteiger partial charge >= 0.3 is 0 Å². The second-order valence-corrected chi connectivity index (χ2v) is 2.45. The summed E-state index contributed by atoms with van der Waals surface area (Å²) in [5.74, 6) is 0. The first kappa shape index (κ1) is 4.97. The van der Waals surface area contributed by atoms with E-state index in [1.807, 2.05) is 0 Å². The number of fused-ring (bicyclic) bond motifs is 1. The van der Waals surface area contributed by atoms with Crippen molar-refractivity contribution in [1.29, 1.82) is 0 Å². The van der Waals surface area contributed by atoms with E-state index in [0.29, 0.717) is 12.1 Å². The van der Waals surface area contributed by atoms with Gasteiger partial charge in [-0.3, -0.25) is 5.43 Å². The fourth-order valence-corrected chi connectivity index (χ4v) is 1.25. The molecule has 1 heterocycles. The van der Waals surface area contributed by atoms with E-state index in [0.717, 1.165) is 0 Å². The van der Waals surface area contributed by atoms with Crippen LogP contribution in [0.2, 0.25) is 0 Å². The molecule has 0 fully saturated rings. The summed E-state index contributed by atoms with van der Waals surface area (Å²) in [7, 11) is 0. The summed E-state index contributed by atoms with van der Waals surface area (Å²) < 4.78 is 0. The van der Waals surface area contributed by atoms with E-state index in [2.05, 4.69) is 27.9 Å². The quantitative estimate of drug-likeness (QED) is 0.480. The molecule has 0 radical (unpaired) electrons. The van der Waals surface area contributed by atoms with Crippen LogP contribution < -0.4 is 5.43 Å². The summed E-state index contributed by atoms with van der Waals surface area (Å²) in [5, 5.41) is 7.74. The molecule has 0 saturated heterocycles. The molecule has 0 amide bonds. The fourth-order valence-electron chi connectivity index (χ4n) is 1.25. The molecule has 3 nitrogen and oxygen atoms in total. The molecule has 48 valence electrons. The van der Waals surface area contributed by atoms with Gasteiger partial charge in [0.15, 0.2) is 0 Å². The van der Waals surface area contributed by atoms with Crippen LogP contribution in [0.4, 0.5) is 0 Å². The van der Waals surface area contributed by atoms with Gasteiger partial charge in [-0.1, -0.05) is 17.4 Å². The molecular formula is C6H9N3. The lowest BCUT2D eigenvalue weighted by molar-refractivity contribution is 0.508. The average molecular weight is 123 g/mol. The first-order chi connectivity index (χ1) is 4.47. The zero-order valence-corrected chi connectivity index (χ0v) is 5.12. The Hall–Kier alpha value is -0.860. The van der Waals surface area contributed by atoms with Crippen LogP contribution in [0.25, 0.3) is 0 Å². The fraction of sp³-hybridized carbons (Fsp3) is 0.667. The third kappa shape index (κ3) is 0.724. The lowest BCUT2D eigenvalue weighted by Gasteiger charge is -2.15. The number of allylic oxidation sites excluding steroid dienone is 1. The SMILES string of the molecule is C1=CC2N=NNC2CC1. The highest BCUT2D eigenvalue weighted by molar-refractivity contribution is 5.05. The van der Waals surface area contributed by atoms with Gasteiger partial charge in [-0.05, 0) is 12.8 Å². The van der Waals surface area contributed by atoms with Crippen molar-refractivity contribution in [2.24, 2.45) is 10.3 Å². The molecule has 1 aliphatic heterocycles. The first-order valence-electron chi connectivity index (χ1n) is 3.29. The zero-order chi connectivity index (χ0) is 6.10. The maximum absolute atomic E-state index is 3.98. The molecule has 2 aliphatic rings. The highest BCUT2D eigenvalue weighted by Gasteiger charge is 2.24. The van der Waals surface area contributed by atoms with Gasteiger partial charge in [0.1, 0.15) is 6.04 Å². The Labute approximate surface area is 53.8 Å². The lowest BCUT2D eigenvalue weighted by Crippen LogP contribution is -2.30. The van der Waals surface area contributed by atoms with Gasteiger partial charge in [0.05, 0.1) is 6.04 Å². The molecule has 1 aliphatic carbocycles. The maximum Gasteiger partial charge on any atom is 0.113 e. The van der Waals surface area contributed by atoms with Crippen LogP contribution in [0, 0.1) is 0 Å². The summed E-state index contributed by atoms with van der Waals surface area (Å²) in [6, 6.07) is 0.828. The zero-order valence-electron chi connectivity index (χ0n) is 5.12. The molecule has 0 aromatic carbocycles. The molecule has 9 heavy (non-hydrogen) atoms. The van der Waals surface area contributed by atoms with Crippen LogP contribution in [0.1, 0.15) is 12.8 Å². The summed E-state index contributed by atoms with van der Waals surface area (Å²) in [6.45, 7) is 0. The summed E-state index contributed by atoms with van der Waals surface area (Å²) in [5.41, 5.74) is 2.97. The van der Waals surface area contributed by atoms with Crippen molar-refractivity contribution in [3.63, 3.8) is 0 Å². The number of hydrogen-bond acceptors (Lipinski definition) is 3. The molecule has 1 N–H and O–H groups in total. The van der Waals surface area contributed by atoms with Crippen molar-refractivity contribution in [2.45, 2.75) is 24.9 Å². The summed E-state index contributed by atoms with van der Waals surface area (Å²) in [4.78, 5) is 0. The monoisotopic (exact) mass is 123 g/mol. The number of nitrogens with zero attached hydrogens (tertiary/aromatic N) is 2. The smallest absolute Gasteiger partial charge is 0.113 e. The second kappa shape index (κ2) is 1.83. The Bertz CT molecular complexity index is 162. The summed E-state index contributed by atoms with van der Waals surface area (Å²) in [6.07, 6.45) is 6.64. The molecule has 3 heteroatoms. The topological polar surface area (TPSA) is 36.8 Å². The van der Waals surface area contributed by atoms with Crippen molar-refractivity contribution in [1.82, 2.24) is 5.43 Å². The first-order valence-corrected chi connectivity index (χ1v) is 3.29. The van der Waals surface area contributed by atoms with E-state index >= 15 is 0 Å². The van der Waals surface area contributed by atoms with Gasteiger partial charge in [-0.2, -0.15) is 5.11 Å². The Morgan fingerprint density at radius 3 is 3.44 bits per heavy atom. The van der Waals surface area contributed by atoms with Crippen LogP contribution >= 0.6 is 0 Å². The maximum atomic E-state index is 3.98. The second-order valence-electron chi connectivity index (χ2n) is 2.45. The lowest BCUT2D eigenvalue weighted by atomic mass is 9.99. The van der Waals surface area contributed by atoms with E-state index in [1.54, 1.807) is 0 Å². The minimum atomic E-state index is 0.332. The van der Waals surface area contributed by atoms with Gasteiger partial charge in [-0.15, -0.1) is 0 Å². The van der Waals surface area contributed by atoms with Gasteiger partial charge in [0.25, 0.3) is 0 Å². The summed E-state index contributed by atoms with van der Waals surface area (Å²) >= 11 is 0.